The zero-order chi connectivity index (χ0) is 25.5. The number of hydrogen-bond donors (Lipinski definition) is 0. The van der Waals surface area contributed by atoms with Crippen LogP contribution in [0.2, 0.25) is 0 Å². The molecule has 0 radical (unpaired) electrons. The Morgan fingerprint density at radius 2 is 1.19 bits per heavy atom. The van der Waals surface area contributed by atoms with Gasteiger partial charge >= 0.3 is 0 Å². The topological polar surface area (TPSA) is 32.8 Å². The lowest BCUT2D eigenvalue weighted by atomic mass is 9.87. The fourth-order valence-corrected chi connectivity index (χ4v) is 3.28. The largest absolute Gasteiger partial charge is 0.376 e. The van der Waals surface area contributed by atoms with Crippen LogP contribution < -0.4 is 0 Å². The van der Waals surface area contributed by atoms with Gasteiger partial charge in [-0.2, -0.15) is 0 Å². The minimum absolute atomic E-state index is 0.0837. The molecule has 1 rings (SSSR count). The first-order valence-corrected chi connectivity index (χ1v) is 13.4. The first-order valence-electron chi connectivity index (χ1n) is 13.4. The Kier molecular flexibility index (Phi) is 29.2. The quantitative estimate of drug-likeness (QED) is 0.364. The lowest BCUT2D eigenvalue weighted by Crippen LogP contribution is -2.52. The van der Waals surface area contributed by atoms with Crippen LogP contribution in [-0.4, -0.2) is 60.6 Å². The number of amides is 1. The minimum Gasteiger partial charge on any atom is -0.376 e. The van der Waals surface area contributed by atoms with Crippen LogP contribution in [0.25, 0.3) is 0 Å². The molecule has 1 heterocycles. The van der Waals surface area contributed by atoms with Gasteiger partial charge in [0, 0.05) is 38.2 Å². The second-order valence-electron chi connectivity index (χ2n) is 8.13. The second-order valence-corrected chi connectivity index (χ2v) is 8.13. The van der Waals surface area contributed by atoms with Crippen molar-refractivity contribution in [1.82, 2.24) is 9.80 Å². The maximum Gasteiger partial charge on any atom is 0.228 e. The predicted molar refractivity (Wildman–Crippen MR) is 142 cm³/mol. The van der Waals surface area contributed by atoms with Gasteiger partial charge in [0.1, 0.15) is 0 Å². The average molecular weight is 447 g/mol. The van der Waals surface area contributed by atoms with Crippen molar-refractivity contribution < 1.29 is 9.53 Å². The van der Waals surface area contributed by atoms with E-state index in [1.54, 1.807) is 0 Å². The SMILES string of the molecule is CC.CC.CC.CC.CCCN1CCN(C(=O)C(C)(C)CCOC(C)(C)CCC)CC1. The molecule has 0 unspecified atom stereocenters. The van der Waals surface area contributed by atoms with Gasteiger partial charge in [0.2, 0.25) is 5.91 Å². The van der Waals surface area contributed by atoms with E-state index in [4.69, 9.17) is 4.74 Å². The summed E-state index contributed by atoms with van der Waals surface area (Å²) in [6, 6.07) is 0. The van der Waals surface area contributed by atoms with Crippen molar-refractivity contribution in [2.45, 2.75) is 128 Å². The Morgan fingerprint density at radius 1 is 0.742 bits per heavy atom. The van der Waals surface area contributed by atoms with Crippen LogP contribution in [0.5, 0.6) is 0 Å². The van der Waals surface area contributed by atoms with Crippen LogP contribution in [0.4, 0.5) is 0 Å². The summed E-state index contributed by atoms with van der Waals surface area (Å²) >= 11 is 0. The normalized spacial score (nSPS) is 13.8. The number of piperazine rings is 1. The molecule has 1 aliphatic rings. The first kappa shape index (κ1) is 37.7. The van der Waals surface area contributed by atoms with Gasteiger partial charge in [-0.3, -0.25) is 9.69 Å². The standard InChI is InChI=1S/C19H38N2O2.4C2H6/c1-7-9-19(5,6)23-16-10-18(3,4)17(22)21-14-12-20(11-8-2)13-15-21;4*1-2/h7-16H2,1-6H3;4*1-2H3. The monoisotopic (exact) mass is 446 g/mol. The van der Waals surface area contributed by atoms with E-state index in [2.05, 4.69) is 46.4 Å². The van der Waals surface area contributed by atoms with Crippen molar-refractivity contribution in [1.29, 1.82) is 0 Å². The summed E-state index contributed by atoms with van der Waals surface area (Å²) in [5, 5.41) is 0. The molecule has 4 heteroatoms. The Labute approximate surface area is 198 Å². The van der Waals surface area contributed by atoms with Crippen molar-refractivity contribution in [3.05, 3.63) is 0 Å². The zero-order valence-electron chi connectivity index (χ0n) is 24.3. The van der Waals surface area contributed by atoms with Crippen molar-refractivity contribution in [2.24, 2.45) is 5.41 Å². The highest BCUT2D eigenvalue weighted by Crippen LogP contribution is 2.26. The fourth-order valence-electron chi connectivity index (χ4n) is 3.28. The van der Waals surface area contributed by atoms with Crippen molar-refractivity contribution in [3.8, 4) is 0 Å². The van der Waals surface area contributed by atoms with Gasteiger partial charge in [0.25, 0.3) is 0 Å². The number of rotatable bonds is 9. The molecule has 0 aromatic heterocycles. The average Bonchev–Trinajstić information content (AvgIpc) is 2.79. The Hall–Kier alpha value is -0.610. The van der Waals surface area contributed by atoms with E-state index in [0.29, 0.717) is 6.61 Å². The van der Waals surface area contributed by atoms with E-state index in [-0.39, 0.29) is 16.9 Å². The highest BCUT2D eigenvalue weighted by molar-refractivity contribution is 5.82. The van der Waals surface area contributed by atoms with Gasteiger partial charge in [0.05, 0.1) is 5.60 Å². The van der Waals surface area contributed by atoms with E-state index >= 15 is 0 Å². The van der Waals surface area contributed by atoms with E-state index in [1.807, 2.05) is 60.3 Å². The van der Waals surface area contributed by atoms with E-state index in [9.17, 15) is 4.79 Å². The molecule has 0 N–H and O–H groups in total. The summed E-state index contributed by atoms with van der Waals surface area (Å²) in [4.78, 5) is 17.3. The number of carbonyl (C=O) groups is 1. The van der Waals surface area contributed by atoms with Crippen LogP contribution in [0.3, 0.4) is 0 Å². The van der Waals surface area contributed by atoms with Crippen LogP contribution >= 0.6 is 0 Å². The maximum atomic E-state index is 12.8. The Morgan fingerprint density at radius 3 is 1.58 bits per heavy atom. The fraction of sp³-hybridized carbons (Fsp3) is 0.963. The predicted octanol–water partition coefficient (Wildman–Crippen LogP) is 7.66. The summed E-state index contributed by atoms with van der Waals surface area (Å²) in [5.74, 6) is 0.283. The second kappa shape index (κ2) is 24.0. The molecule has 1 amide bonds. The third-order valence-corrected chi connectivity index (χ3v) is 4.85. The van der Waals surface area contributed by atoms with Gasteiger partial charge < -0.3 is 9.64 Å². The van der Waals surface area contributed by atoms with Gasteiger partial charge in [-0.1, -0.05) is 89.5 Å². The lowest BCUT2D eigenvalue weighted by Gasteiger charge is -2.39. The van der Waals surface area contributed by atoms with Crippen molar-refractivity contribution in [3.63, 3.8) is 0 Å². The highest BCUT2D eigenvalue weighted by Gasteiger charge is 2.33. The Bertz CT molecular complexity index is 360. The molecule has 1 aliphatic heterocycles. The third-order valence-electron chi connectivity index (χ3n) is 4.85. The number of carbonyl (C=O) groups excluding carboxylic acids is 1. The molecule has 0 saturated carbocycles. The summed E-state index contributed by atoms with van der Waals surface area (Å²) in [7, 11) is 0. The Balaban J connectivity index is -0.000000407. The molecule has 31 heavy (non-hydrogen) atoms. The molecule has 0 atom stereocenters. The molecule has 0 aromatic carbocycles. The van der Waals surface area contributed by atoms with Gasteiger partial charge in [-0.25, -0.2) is 0 Å². The van der Waals surface area contributed by atoms with Gasteiger partial charge in [-0.05, 0) is 39.7 Å². The smallest absolute Gasteiger partial charge is 0.228 e. The molecular weight excluding hydrogens is 384 g/mol. The lowest BCUT2D eigenvalue weighted by molar-refractivity contribution is -0.144. The summed E-state index contributed by atoms with van der Waals surface area (Å²) in [5.41, 5.74) is -0.422. The summed E-state index contributed by atoms with van der Waals surface area (Å²) in [6.45, 7) is 34.3. The third kappa shape index (κ3) is 18.6. The van der Waals surface area contributed by atoms with E-state index in [0.717, 1.165) is 52.0 Å². The minimum atomic E-state index is -0.338. The summed E-state index contributed by atoms with van der Waals surface area (Å²) < 4.78 is 6.01. The zero-order valence-corrected chi connectivity index (χ0v) is 24.3. The van der Waals surface area contributed by atoms with Crippen molar-refractivity contribution in [2.75, 3.05) is 39.3 Å². The van der Waals surface area contributed by atoms with Crippen LogP contribution in [0.1, 0.15) is 123 Å². The van der Waals surface area contributed by atoms with Gasteiger partial charge in [-0.15, -0.1) is 0 Å². The number of hydrogen-bond acceptors (Lipinski definition) is 3. The summed E-state index contributed by atoms with van der Waals surface area (Å²) in [6.07, 6.45) is 4.15. The maximum absolute atomic E-state index is 12.8. The number of ether oxygens (including phenoxy) is 1. The van der Waals surface area contributed by atoms with Crippen LogP contribution in [0, 0.1) is 5.41 Å². The van der Waals surface area contributed by atoms with Crippen molar-refractivity contribution >= 4 is 5.91 Å². The van der Waals surface area contributed by atoms with Gasteiger partial charge in [0.15, 0.2) is 0 Å². The molecule has 192 valence electrons. The highest BCUT2D eigenvalue weighted by atomic mass is 16.5. The molecule has 0 bridgehead atoms. The molecule has 0 aliphatic carbocycles. The molecule has 4 nitrogen and oxygen atoms in total. The molecule has 0 spiro atoms. The molecular formula is C27H62N2O2. The first-order chi connectivity index (χ1) is 14.7. The molecule has 1 saturated heterocycles. The molecule has 0 aromatic rings. The van der Waals surface area contributed by atoms with E-state index < -0.39 is 0 Å². The van der Waals surface area contributed by atoms with Crippen LogP contribution in [-0.2, 0) is 9.53 Å². The number of nitrogens with zero attached hydrogens (tertiary/aromatic N) is 2. The van der Waals surface area contributed by atoms with E-state index in [1.165, 1.54) is 6.42 Å². The van der Waals surface area contributed by atoms with Crippen LogP contribution in [0.15, 0.2) is 0 Å². The molecule has 1 fully saturated rings.